The molecule has 7 heteroatoms. The average molecular weight is 482 g/mol. The van der Waals surface area contributed by atoms with Crippen LogP contribution in [0.5, 0.6) is 17.2 Å². The third-order valence-corrected chi connectivity index (χ3v) is 7.25. The van der Waals surface area contributed by atoms with E-state index in [1.165, 1.54) is 0 Å². The maximum Gasteiger partial charge on any atom is 0.309 e. The van der Waals surface area contributed by atoms with E-state index >= 15 is 0 Å². The second kappa shape index (κ2) is 11.1. The predicted octanol–water partition coefficient (Wildman–Crippen LogP) is 5.05. The molecule has 188 valence electrons. The van der Waals surface area contributed by atoms with Crippen molar-refractivity contribution in [1.29, 1.82) is 0 Å². The number of nitrogens with zero attached hydrogens (tertiary/aromatic N) is 1. The Labute approximate surface area is 207 Å². The van der Waals surface area contributed by atoms with Crippen LogP contribution in [-0.4, -0.2) is 48.8 Å². The van der Waals surface area contributed by atoms with Crippen molar-refractivity contribution in [3.8, 4) is 17.2 Å². The number of hydrogen-bond acceptors (Lipinski definition) is 6. The second-order valence-corrected chi connectivity index (χ2v) is 9.47. The standard InChI is InChI=1S/C28H35NO6/c1-4-6-18(7-5-2)23(30)16-29-15-22(20-10-13-24-25(14-20)35-17-34-24)26(28(31)32)27(29)19-8-11-21(33-3)12-9-19/h8-14,18,22,26-27H,4-7,15-17H2,1-3H3,(H,31,32)/t22-,26+,27-/m1/s1. The van der Waals surface area contributed by atoms with Gasteiger partial charge in [0, 0.05) is 24.4 Å². The number of carboxylic acids is 1. The zero-order valence-corrected chi connectivity index (χ0v) is 20.7. The van der Waals surface area contributed by atoms with Gasteiger partial charge in [-0.25, -0.2) is 0 Å². The van der Waals surface area contributed by atoms with Crippen molar-refractivity contribution in [3.63, 3.8) is 0 Å². The molecule has 7 nitrogen and oxygen atoms in total. The molecule has 0 unspecified atom stereocenters. The fourth-order valence-electron chi connectivity index (χ4n) is 5.57. The summed E-state index contributed by atoms with van der Waals surface area (Å²) in [4.78, 5) is 28.2. The molecule has 0 amide bonds. The van der Waals surface area contributed by atoms with Crippen LogP contribution in [0.4, 0.5) is 0 Å². The molecule has 2 aromatic carbocycles. The number of Topliss-reactive ketones (excluding diaryl/α,β-unsaturated/α-hetero) is 1. The minimum Gasteiger partial charge on any atom is -0.497 e. The van der Waals surface area contributed by atoms with E-state index in [9.17, 15) is 14.7 Å². The number of rotatable bonds is 11. The van der Waals surface area contributed by atoms with E-state index < -0.39 is 17.9 Å². The third-order valence-electron chi connectivity index (χ3n) is 7.25. The number of ketones is 1. The van der Waals surface area contributed by atoms with E-state index in [-0.39, 0.29) is 31.0 Å². The molecular formula is C28H35NO6. The van der Waals surface area contributed by atoms with Crippen LogP contribution in [0.3, 0.4) is 0 Å². The van der Waals surface area contributed by atoms with Crippen molar-refractivity contribution >= 4 is 11.8 Å². The Bertz CT molecular complexity index is 1030. The number of methoxy groups -OCH3 is 1. The molecule has 3 atom stereocenters. The predicted molar refractivity (Wildman–Crippen MR) is 132 cm³/mol. The number of ether oxygens (including phenoxy) is 3. The van der Waals surface area contributed by atoms with Crippen LogP contribution < -0.4 is 14.2 Å². The molecule has 35 heavy (non-hydrogen) atoms. The molecule has 0 radical (unpaired) electrons. The lowest BCUT2D eigenvalue weighted by atomic mass is 9.82. The topological polar surface area (TPSA) is 85.3 Å². The van der Waals surface area contributed by atoms with Crippen molar-refractivity contribution in [3.05, 3.63) is 53.6 Å². The SMILES string of the molecule is CCCC(CCC)C(=O)CN1C[C@H](c2ccc3c(c2)OCO3)[C@H](C(=O)O)[C@H]1c1ccc(OC)cc1. The molecule has 0 bridgehead atoms. The van der Waals surface area contributed by atoms with Crippen LogP contribution in [0.2, 0.25) is 0 Å². The van der Waals surface area contributed by atoms with E-state index in [0.29, 0.717) is 23.8 Å². The van der Waals surface area contributed by atoms with Crippen LogP contribution >= 0.6 is 0 Å². The molecule has 0 aromatic heterocycles. The van der Waals surface area contributed by atoms with Crippen molar-refractivity contribution < 1.29 is 28.9 Å². The summed E-state index contributed by atoms with van der Waals surface area (Å²) in [5.41, 5.74) is 1.76. The molecule has 0 aliphatic carbocycles. The summed E-state index contributed by atoms with van der Waals surface area (Å²) in [5.74, 6) is 0.330. The fraction of sp³-hybridized carbons (Fsp3) is 0.500. The van der Waals surface area contributed by atoms with E-state index in [4.69, 9.17) is 14.2 Å². The normalized spacial score (nSPS) is 21.4. The van der Waals surface area contributed by atoms with Gasteiger partial charge in [-0.05, 0) is 48.2 Å². The van der Waals surface area contributed by atoms with Gasteiger partial charge in [-0.15, -0.1) is 0 Å². The van der Waals surface area contributed by atoms with Gasteiger partial charge in [-0.1, -0.05) is 44.9 Å². The fourth-order valence-corrected chi connectivity index (χ4v) is 5.57. The number of hydrogen-bond donors (Lipinski definition) is 1. The summed E-state index contributed by atoms with van der Waals surface area (Å²) in [6, 6.07) is 12.7. The molecule has 2 heterocycles. The molecule has 0 saturated carbocycles. The van der Waals surface area contributed by atoms with Gasteiger partial charge in [-0.3, -0.25) is 14.5 Å². The maximum atomic E-state index is 13.4. The zero-order chi connectivity index (χ0) is 24.9. The van der Waals surface area contributed by atoms with Gasteiger partial charge < -0.3 is 19.3 Å². The van der Waals surface area contributed by atoms with E-state index in [0.717, 1.165) is 36.8 Å². The van der Waals surface area contributed by atoms with E-state index in [1.54, 1.807) is 7.11 Å². The average Bonchev–Trinajstić information content (AvgIpc) is 3.48. The Morgan fingerprint density at radius 2 is 1.69 bits per heavy atom. The summed E-state index contributed by atoms with van der Waals surface area (Å²) in [6.45, 7) is 5.08. The molecule has 2 aliphatic rings. The summed E-state index contributed by atoms with van der Waals surface area (Å²) in [6.07, 6.45) is 3.63. The molecular weight excluding hydrogens is 446 g/mol. The first-order valence-electron chi connectivity index (χ1n) is 12.5. The first-order valence-corrected chi connectivity index (χ1v) is 12.5. The summed E-state index contributed by atoms with van der Waals surface area (Å²) >= 11 is 0. The highest BCUT2D eigenvalue weighted by atomic mass is 16.7. The summed E-state index contributed by atoms with van der Waals surface area (Å²) in [7, 11) is 1.60. The second-order valence-electron chi connectivity index (χ2n) is 9.47. The lowest BCUT2D eigenvalue weighted by molar-refractivity contribution is -0.143. The number of carbonyl (C=O) groups excluding carboxylic acids is 1. The largest absolute Gasteiger partial charge is 0.497 e. The van der Waals surface area contributed by atoms with Gasteiger partial charge in [0.1, 0.15) is 11.5 Å². The number of fused-ring (bicyclic) bond motifs is 1. The summed E-state index contributed by atoms with van der Waals surface area (Å²) < 4.78 is 16.3. The minimum absolute atomic E-state index is 0.00869. The van der Waals surface area contributed by atoms with E-state index in [2.05, 4.69) is 18.7 Å². The Morgan fingerprint density at radius 1 is 1.03 bits per heavy atom. The highest BCUT2D eigenvalue weighted by Crippen LogP contribution is 2.48. The lowest BCUT2D eigenvalue weighted by Crippen LogP contribution is -2.35. The first kappa shape index (κ1) is 25.0. The number of aliphatic carboxylic acids is 1. The van der Waals surface area contributed by atoms with Crippen molar-refractivity contribution in [2.75, 3.05) is 27.0 Å². The van der Waals surface area contributed by atoms with Gasteiger partial charge >= 0.3 is 5.97 Å². The van der Waals surface area contributed by atoms with Crippen molar-refractivity contribution in [2.45, 2.75) is 51.5 Å². The molecule has 0 spiro atoms. The maximum absolute atomic E-state index is 13.4. The molecule has 1 fully saturated rings. The Hall–Kier alpha value is -3.06. The molecule has 2 aliphatic heterocycles. The molecule has 2 aromatic rings. The highest BCUT2D eigenvalue weighted by molar-refractivity contribution is 5.83. The number of likely N-dealkylation sites (tertiary alicyclic amines) is 1. The summed E-state index contributed by atoms with van der Waals surface area (Å²) in [5, 5.41) is 10.4. The molecule has 1 N–H and O–H groups in total. The zero-order valence-electron chi connectivity index (χ0n) is 20.7. The van der Waals surface area contributed by atoms with Crippen LogP contribution in [0, 0.1) is 11.8 Å². The van der Waals surface area contributed by atoms with Gasteiger partial charge in [0.05, 0.1) is 19.6 Å². The molecule has 4 rings (SSSR count). The van der Waals surface area contributed by atoms with Crippen LogP contribution in [0.15, 0.2) is 42.5 Å². The van der Waals surface area contributed by atoms with Crippen LogP contribution in [-0.2, 0) is 9.59 Å². The monoisotopic (exact) mass is 481 g/mol. The minimum atomic E-state index is -0.873. The van der Waals surface area contributed by atoms with Gasteiger partial charge in [0.25, 0.3) is 0 Å². The smallest absolute Gasteiger partial charge is 0.309 e. The Morgan fingerprint density at radius 3 is 2.31 bits per heavy atom. The number of carboxylic acid groups (broad SMARTS) is 1. The van der Waals surface area contributed by atoms with Crippen molar-refractivity contribution in [1.82, 2.24) is 4.90 Å². The highest BCUT2D eigenvalue weighted by Gasteiger charge is 2.48. The third kappa shape index (κ3) is 5.30. The van der Waals surface area contributed by atoms with Gasteiger partial charge in [0.2, 0.25) is 6.79 Å². The number of benzene rings is 2. The Balaban J connectivity index is 1.70. The van der Waals surface area contributed by atoms with E-state index in [1.807, 2.05) is 42.5 Å². The molecule has 1 saturated heterocycles. The van der Waals surface area contributed by atoms with Gasteiger partial charge in [0.15, 0.2) is 11.5 Å². The first-order chi connectivity index (χ1) is 17.0. The lowest BCUT2D eigenvalue weighted by Gasteiger charge is -2.28. The number of carbonyl (C=O) groups is 2. The van der Waals surface area contributed by atoms with Crippen LogP contribution in [0.1, 0.15) is 62.6 Å². The Kier molecular flexibility index (Phi) is 7.96. The van der Waals surface area contributed by atoms with Crippen LogP contribution in [0.25, 0.3) is 0 Å². The van der Waals surface area contributed by atoms with Crippen molar-refractivity contribution in [2.24, 2.45) is 11.8 Å². The quantitative estimate of drug-likeness (QED) is 0.481. The van der Waals surface area contributed by atoms with Gasteiger partial charge in [-0.2, -0.15) is 0 Å².